The van der Waals surface area contributed by atoms with Crippen molar-refractivity contribution in [2.75, 3.05) is 25.0 Å². The third kappa shape index (κ3) is 4.29. The highest BCUT2D eigenvalue weighted by atomic mass is 32.2. The number of hydrogen-bond donors (Lipinski definition) is 2. The lowest BCUT2D eigenvalue weighted by molar-refractivity contribution is -0.126. The SMILES string of the molecule is O=C1COc2ccc(S(=O)(=O)N3CCC[C@H](C(=O)NCc4cccs4)C3)cc2N1. The molecular formula is C19H21N3O5S2. The smallest absolute Gasteiger partial charge is 0.262 e. The van der Waals surface area contributed by atoms with E-state index in [4.69, 9.17) is 4.74 Å². The second-order valence-electron chi connectivity index (χ2n) is 6.99. The molecule has 2 amide bonds. The maximum Gasteiger partial charge on any atom is 0.262 e. The van der Waals surface area contributed by atoms with Gasteiger partial charge in [0.25, 0.3) is 5.91 Å². The molecule has 29 heavy (non-hydrogen) atoms. The Labute approximate surface area is 172 Å². The molecule has 1 aromatic carbocycles. The average molecular weight is 436 g/mol. The van der Waals surface area contributed by atoms with Crippen molar-refractivity contribution >= 4 is 38.9 Å². The van der Waals surface area contributed by atoms with Crippen LogP contribution < -0.4 is 15.4 Å². The van der Waals surface area contributed by atoms with Crippen LogP contribution in [0.1, 0.15) is 17.7 Å². The standard InChI is InChI=1S/C19H21N3O5S2/c23-18-12-27-17-6-5-15(9-16(17)21-18)29(25,26)22-7-1-3-13(11-22)19(24)20-10-14-4-2-8-28-14/h2,4-6,8-9,13H,1,3,7,10-12H2,(H,20,24)(H,21,23)/t13-/m0/s1. The molecule has 0 radical (unpaired) electrons. The summed E-state index contributed by atoms with van der Waals surface area (Å²) in [4.78, 5) is 25.2. The summed E-state index contributed by atoms with van der Waals surface area (Å²) in [6.45, 7) is 0.854. The van der Waals surface area contributed by atoms with E-state index in [1.165, 1.54) is 22.5 Å². The first kappa shape index (κ1) is 19.9. The summed E-state index contributed by atoms with van der Waals surface area (Å²) in [5.41, 5.74) is 0.338. The number of nitrogens with zero attached hydrogens (tertiary/aromatic N) is 1. The zero-order valence-electron chi connectivity index (χ0n) is 15.6. The maximum absolute atomic E-state index is 13.1. The minimum absolute atomic E-state index is 0.0710. The normalized spacial score (nSPS) is 19.7. The van der Waals surface area contributed by atoms with E-state index in [0.29, 0.717) is 37.4 Å². The fourth-order valence-electron chi connectivity index (χ4n) is 3.48. The summed E-state index contributed by atoms with van der Waals surface area (Å²) in [6, 6.07) is 8.28. The zero-order chi connectivity index (χ0) is 20.4. The molecule has 1 saturated heterocycles. The molecule has 1 atom stereocenters. The van der Waals surface area contributed by atoms with Crippen LogP contribution >= 0.6 is 11.3 Å². The number of benzene rings is 1. The Morgan fingerprint density at radius 2 is 2.21 bits per heavy atom. The van der Waals surface area contributed by atoms with Gasteiger partial charge in [0.05, 0.1) is 23.0 Å². The molecular weight excluding hydrogens is 414 g/mol. The molecule has 8 nitrogen and oxygen atoms in total. The third-order valence-corrected chi connectivity index (χ3v) is 7.73. The van der Waals surface area contributed by atoms with Crippen molar-refractivity contribution in [1.82, 2.24) is 9.62 Å². The predicted octanol–water partition coefficient (Wildman–Crippen LogP) is 1.80. The Morgan fingerprint density at radius 3 is 3.00 bits per heavy atom. The number of amides is 2. The summed E-state index contributed by atoms with van der Waals surface area (Å²) >= 11 is 1.56. The number of anilines is 1. The number of carbonyl (C=O) groups is 2. The van der Waals surface area contributed by atoms with Crippen molar-refractivity contribution in [1.29, 1.82) is 0 Å². The van der Waals surface area contributed by atoms with E-state index in [-0.39, 0.29) is 35.8 Å². The highest BCUT2D eigenvalue weighted by Gasteiger charge is 2.34. The average Bonchev–Trinajstić information content (AvgIpc) is 3.25. The highest BCUT2D eigenvalue weighted by molar-refractivity contribution is 7.89. The van der Waals surface area contributed by atoms with Crippen LogP contribution in [-0.4, -0.2) is 44.2 Å². The molecule has 1 fully saturated rings. The van der Waals surface area contributed by atoms with Crippen molar-refractivity contribution in [2.24, 2.45) is 5.92 Å². The minimum atomic E-state index is -3.79. The third-order valence-electron chi connectivity index (χ3n) is 4.99. The number of ether oxygens (including phenoxy) is 1. The first-order valence-electron chi connectivity index (χ1n) is 9.30. The minimum Gasteiger partial charge on any atom is -0.482 e. The molecule has 154 valence electrons. The van der Waals surface area contributed by atoms with Crippen molar-refractivity contribution in [3.8, 4) is 5.75 Å². The zero-order valence-corrected chi connectivity index (χ0v) is 17.2. The van der Waals surface area contributed by atoms with Crippen LogP contribution in [0.4, 0.5) is 5.69 Å². The van der Waals surface area contributed by atoms with Crippen LogP contribution in [-0.2, 0) is 26.2 Å². The van der Waals surface area contributed by atoms with Crippen LogP contribution in [0, 0.1) is 5.92 Å². The van der Waals surface area contributed by atoms with E-state index in [9.17, 15) is 18.0 Å². The van der Waals surface area contributed by atoms with E-state index in [2.05, 4.69) is 10.6 Å². The van der Waals surface area contributed by atoms with Gasteiger partial charge in [-0.25, -0.2) is 8.42 Å². The van der Waals surface area contributed by atoms with E-state index < -0.39 is 10.0 Å². The molecule has 3 heterocycles. The van der Waals surface area contributed by atoms with Crippen molar-refractivity contribution < 1.29 is 22.7 Å². The van der Waals surface area contributed by atoms with Crippen molar-refractivity contribution in [2.45, 2.75) is 24.3 Å². The van der Waals surface area contributed by atoms with Crippen LogP contribution in [0.25, 0.3) is 0 Å². The Bertz CT molecular complexity index is 1020. The molecule has 0 unspecified atom stereocenters. The fourth-order valence-corrected chi connectivity index (χ4v) is 5.67. The number of fused-ring (bicyclic) bond motifs is 1. The summed E-state index contributed by atoms with van der Waals surface area (Å²) in [5, 5.41) is 7.47. The van der Waals surface area contributed by atoms with Gasteiger partial charge in [-0.2, -0.15) is 4.31 Å². The summed E-state index contributed by atoms with van der Waals surface area (Å²) in [7, 11) is -3.79. The van der Waals surface area contributed by atoms with Gasteiger partial charge in [0.1, 0.15) is 5.75 Å². The lowest BCUT2D eigenvalue weighted by Crippen LogP contribution is -2.45. The van der Waals surface area contributed by atoms with Gasteiger partial charge in [0, 0.05) is 18.0 Å². The van der Waals surface area contributed by atoms with Gasteiger partial charge in [-0.3, -0.25) is 9.59 Å². The second kappa shape index (κ2) is 8.13. The Balaban J connectivity index is 1.46. The molecule has 4 rings (SSSR count). The summed E-state index contributed by atoms with van der Waals surface area (Å²) < 4.78 is 32.8. The number of sulfonamides is 1. The number of carbonyl (C=O) groups excluding carboxylic acids is 2. The van der Waals surface area contributed by atoms with Gasteiger partial charge in [-0.05, 0) is 42.5 Å². The number of hydrogen-bond acceptors (Lipinski definition) is 6. The van der Waals surface area contributed by atoms with E-state index in [1.807, 2.05) is 17.5 Å². The molecule has 10 heteroatoms. The maximum atomic E-state index is 13.1. The van der Waals surface area contributed by atoms with Gasteiger partial charge in [-0.1, -0.05) is 6.07 Å². The summed E-state index contributed by atoms with van der Waals surface area (Å²) in [6.07, 6.45) is 1.26. The molecule has 0 saturated carbocycles. The monoisotopic (exact) mass is 435 g/mol. The molecule has 0 spiro atoms. The van der Waals surface area contributed by atoms with Gasteiger partial charge in [-0.15, -0.1) is 11.3 Å². The van der Waals surface area contributed by atoms with Gasteiger partial charge >= 0.3 is 0 Å². The van der Waals surface area contributed by atoms with Gasteiger partial charge in [0.2, 0.25) is 15.9 Å². The number of piperidine rings is 1. The fraction of sp³-hybridized carbons (Fsp3) is 0.368. The Morgan fingerprint density at radius 1 is 1.34 bits per heavy atom. The van der Waals surface area contributed by atoms with E-state index in [1.54, 1.807) is 11.3 Å². The van der Waals surface area contributed by atoms with Crippen LogP contribution in [0.15, 0.2) is 40.6 Å². The van der Waals surface area contributed by atoms with Gasteiger partial charge < -0.3 is 15.4 Å². The van der Waals surface area contributed by atoms with Crippen molar-refractivity contribution in [3.05, 3.63) is 40.6 Å². The molecule has 2 N–H and O–H groups in total. The number of rotatable bonds is 5. The topological polar surface area (TPSA) is 105 Å². The first-order valence-corrected chi connectivity index (χ1v) is 11.6. The van der Waals surface area contributed by atoms with Crippen LogP contribution in [0.2, 0.25) is 0 Å². The van der Waals surface area contributed by atoms with Crippen molar-refractivity contribution in [3.63, 3.8) is 0 Å². The largest absolute Gasteiger partial charge is 0.482 e. The first-order chi connectivity index (χ1) is 13.9. The Kier molecular flexibility index (Phi) is 5.57. The number of nitrogens with one attached hydrogen (secondary N) is 2. The van der Waals surface area contributed by atoms with Crippen LogP contribution in [0.3, 0.4) is 0 Å². The quantitative estimate of drug-likeness (QED) is 0.745. The van der Waals surface area contributed by atoms with E-state index >= 15 is 0 Å². The molecule has 2 aliphatic rings. The molecule has 1 aromatic heterocycles. The summed E-state index contributed by atoms with van der Waals surface area (Å²) in [5.74, 6) is -0.413. The molecule has 2 aromatic rings. The molecule has 0 bridgehead atoms. The highest BCUT2D eigenvalue weighted by Crippen LogP contribution is 2.32. The lowest BCUT2D eigenvalue weighted by atomic mass is 9.99. The van der Waals surface area contributed by atoms with Gasteiger partial charge in [0.15, 0.2) is 6.61 Å². The Hall–Kier alpha value is -2.43. The second-order valence-corrected chi connectivity index (χ2v) is 9.96. The molecule has 0 aliphatic carbocycles. The molecule has 2 aliphatic heterocycles. The number of thiophene rings is 1. The van der Waals surface area contributed by atoms with Crippen LogP contribution in [0.5, 0.6) is 5.75 Å². The predicted molar refractivity (Wildman–Crippen MR) is 108 cm³/mol. The van der Waals surface area contributed by atoms with E-state index in [0.717, 1.165) is 4.88 Å². The lowest BCUT2D eigenvalue weighted by Gasteiger charge is -2.31.